The van der Waals surface area contributed by atoms with Gasteiger partial charge in [0.05, 0.1) is 39.4 Å². The number of para-hydroxylation sites is 2. The van der Waals surface area contributed by atoms with Gasteiger partial charge in [-0.15, -0.1) is 0 Å². The maximum absolute atomic E-state index is 10.6. The summed E-state index contributed by atoms with van der Waals surface area (Å²) in [5.41, 5.74) is 13.7. The van der Waals surface area contributed by atoms with Crippen molar-refractivity contribution >= 4 is 43.6 Å². The Kier molecular flexibility index (Phi) is 9.56. The summed E-state index contributed by atoms with van der Waals surface area (Å²) in [7, 11) is 0. The lowest BCUT2D eigenvalue weighted by molar-refractivity contribution is 0.591. The molecule has 318 valence electrons. The predicted octanol–water partition coefficient (Wildman–Crippen LogP) is 15.2. The Morgan fingerprint density at radius 2 is 0.879 bits per heavy atom. The van der Waals surface area contributed by atoms with E-state index >= 15 is 0 Å². The third-order valence-corrected chi connectivity index (χ3v) is 12.9. The minimum absolute atomic E-state index is 0.0166. The first-order chi connectivity index (χ1) is 31.9. The first-order valence-electron chi connectivity index (χ1n) is 22.6. The molecule has 66 heavy (non-hydrogen) atoms. The van der Waals surface area contributed by atoms with Gasteiger partial charge in [0.15, 0.2) is 17.5 Å². The number of rotatable bonds is 6. The van der Waals surface area contributed by atoms with Gasteiger partial charge in [0.2, 0.25) is 0 Å². The molecular formula is C60H48N6. The van der Waals surface area contributed by atoms with Gasteiger partial charge >= 0.3 is 0 Å². The second-order valence-corrected chi connectivity index (χ2v) is 19.3. The molecule has 0 spiro atoms. The van der Waals surface area contributed by atoms with Crippen molar-refractivity contribution in [2.24, 2.45) is 0 Å². The van der Waals surface area contributed by atoms with Crippen molar-refractivity contribution < 1.29 is 0 Å². The topological polar surface area (TPSA) is 72.3 Å². The molecule has 0 aliphatic rings. The van der Waals surface area contributed by atoms with Crippen LogP contribution in [0.4, 0.5) is 0 Å². The lowest BCUT2D eigenvalue weighted by Crippen LogP contribution is -2.10. The molecule has 0 bridgehead atoms. The van der Waals surface area contributed by atoms with Crippen LogP contribution in [0.3, 0.4) is 0 Å². The van der Waals surface area contributed by atoms with E-state index in [1.54, 1.807) is 0 Å². The van der Waals surface area contributed by atoms with Crippen molar-refractivity contribution in [1.82, 2.24) is 24.1 Å². The summed E-state index contributed by atoms with van der Waals surface area (Å²) in [5, 5.41) is 15.4. The van der Waals surface area contributed by atoms with Crippen molar-refractivity contribution in [2.45, 2.75) is 52.4 Å². The number of fused-ring (bicyclic) bond motifs is 6. The van der Waals surface area contributed by atoms with Crippen LogP contribution in [0.1, 0.15) is 58.2 Å². The van der Waals surface area contributed by atoms with E-state index in [1.807, 2.05) is 72.8 Å². The number of nitriles is 1. The van der Waals surface area contributed by atoms with Crippen LogP contribution < -0.4 is 0 Å². The van der Waals surface area contributed by atoms with Crippen molar-refractivity contribution in [1.29, 1.82) is 5.26 Å². The van der Waals surface area contributed by atoms with E-state index in [0.717, 1.165) is 61.3 Å². The standard InChI is InChI=1S/C60H48N6/c1-59(2,3)41-26-31-53-49(34-41)44-21-13-15-23-51(44)65(53)43-28-29-46(58-63-56(39-17-9-7-10-18-39)62-57(64-58)40-19-11-8-12-20-40)47(36-43)48-33-38(37-61)25-30-54(48)66-52-24-16-14-22-45(52)50-35-42(60(4,5)6)27-32-55(50)66/h7-36H,1-6H3. The Morgan fingerprint density at radius 3 is 1.42 bits per heavy atom. The Bertz CT molecular complexity index is 3670. The SMILES string of the molecule is CC(C)(C)c1ccc2c(c1)c1ccccc1n2-c1ccc(-c2nc(-c3ccccc3)nc(-c3ccccc3)n2)c(-c2cc(C#N)ccc2-n2c3ccccc3c3cc(C(C)(C)C)ccc32)c1. The van der Waals surface area contributed by atoms with Gasteiger partial charge in [-0.3, -0.25) is 0 Å². The molecule has 0 saturated carbocycles. The molecule has 0 aliphatic carbocycles. The van der Waals surface area contributed by atoms with E-state index in [4.69, 9.17) is 15.0 Å². The van der Waals surface area contributed by atoms with Crippen LogP contribution in [0.25, 0.3) is 100 Å². The fourth-order valence-electron chi connectivity index (χ4n) is 9.45. The van der Waals surface area contributed by atoms with Gasteiger partial charge in [-0.05, 0) is 100 Å². The number of hydrogen-bond acceptors (Lipinski definition) is 4. The molecule has 0 aliphatic heterocycles. The Hall–Kier alpha value is -8.14. The normalized spacial score (nSPS) is 12.1. The summed E-state index contributed by atoms with van der Waals surface area (Å²) >= 11 is 0. The average molecular weight is 853 g/mol. The largest absolute Gasteiger partial charge is 0.309 e. The molecule has 0 saturated heterocycles. The fraction of sp³-hybridized carbons (Fsp3) is 0.133. The van der Waals surface area contributed by atoms with E-state index in [1.165, 1.54) is 32.7 Å². The van der Waals surface area contributed by atoms with Gasteiger partial charge in [-0.1, -0.05) is 151 Å². The highest BCUT2D eigenvalue weighted by atomic mass is 15.0. The number of hydrogen-bond donors (Lipinski definition) is 0. The minimum Gasteiger partial charge on any atom is -0.309 e. The predicted molar refractivity (Wildman–Crippen MR) is 272 cm³/mol. The highest BCUT2D eigenvalue weighted by Crippen LogP contribution is 2.43. The molecular weight excluding hydrogens is 805 g/mol. The summed E-state index contributed by atoms with van der Waals surface area (Å²) in [6, 6.07) is 66.3. The highest BCUT2D eigenvalue weighted by molar-refractivity contribution is 6.11. The van der Waals surface area contributed by atoms with Gasteiger partial charge in [0, 0.05) is 49.5 Å². The monoisotopic (exact) mass is 852 g/mol. The van der Waals surface area contributed by atoms with Crippen molar-refractivity contribution in [2.75, 3.05) is 0 Å². The van der Waals surface area contributed by atoms with Crippen LogP contribution in [0, 0.1) is 11.3 Å². The van der Waals surface area contributed by atoms with E-state index < -0.39 is 0 Å². The molecule has 3 aromatic heterocycles. The molecule has 3 heterocycles. The lowest BCUT2D eigenvalue weighted by atomic mass is 9.86. The maximum Gasteiger partial charge on any atom is 0.164 e. The Labute approximate surface area is 385 Å². The molecule has 0 radical (unpaired) electrons. The second kappa shape index (κ2) is 15.5. The van der Waals surface area contributed by atoms with E-state index in [0.29, 0.717) is 23.0 Å². The number of benzene rings is 8. The van der Waals surface area contributed by atoms with Gasteiger partial charge in [-0.2, -0.15) is 5.26 Å². The first kappa shape index (κ1) is 40.6. The molecule has 6 nitrogen and oxygen atoms in total. The molecule has 0 atom stereocenters. The molecule has 6 heteroatoms. The third-order valence-electron chi connectivity index (χ3n) is 12.9. The van der Waals surface area contributed by atoms with Gasteiger partial charge < -0.3 is 9.13 Å². The van der Waals surface area contributed by atoms with E-state index in [9.17, 15) is 5.26 Å². The molecule has 0 amide bonds. The summed E-state index contributed by atoms with van der Waals surface area (Å²) in [5.74, 6) is 1.69. The van der Waals surface area contributed by atoms with Crippen LogP contribution in [-0.4, -0.2) is 24.1 Å². The maximum atomic E-state index is 10.6. The molecule has 8 aromatic carbocycles. The van der Waals surface area contributed by atoms with E-state index in [2.05, 4.69) is 166 Å². The first-order valence-corrected chi connectivity index (χ1v) is 22.6. The van der Waals surface area contributed by atoms with Crippen LogP contribution in [0.5, 0.6) is 0 Å². The molecule has 0 fully saturated rings. The van der Waals surface area contributed by atoms with E-state index in [-0.39, 0.29) is 10.8 Å². The van der Waals surface area contributed by atoms with Crippen LogP contribution in [0.15, 0.2) is 182 Å². The number of nitrogens with zero attached hydrogens (tertiary/aromatic N) is 6. The molecule has 11 aromatic rings. The fourth-order valence-corrected chi connectivity index (χ4v) is 9.45. The zero-order valence-electron chi connectivity index (χ0n) is 38.0. The van der Waals surface area contributed by atoms with Gasteiger partial charge in [-0.25, -0.2) is 15.0 Å². The molecule has 11 rings (SSSR count). The third kappa shape index (κ3) is 6.92. The van der Waals surface area contributed by atoms with Crippen LogP contribution in [0.2, 0.25) is 0 Å². The quantitative estimate of drug-likeness (QED) is 0.167. The summed E-state index contributed by atoms with van der Waals surface area (Å²) in [4.78, 5) is 15.6. The Balaban J connectivity index is 1.25. The smallest absolute Gasteiger partial charge is 0.164 e. The van der Waals surface area contributed by atoms with Crippen LogP contribution >= 0.6 is 0 Å². The molecule has 0 N–H and O–H groups in total. The Morgan fingerprint density at radius 1 is 0.394 bits per heavy atom. The number of aromatic nitrogens is 5. The van der Waals surface area contributed by atoms with Gasteiger partial charge in [0.1, 0.15) is 0 Å². The second-order valence-electron chi connectivity index (χ2n) is 19.3. The van der Waals surface area contributed by atoms with Gasteiger partial charge in [0.25, 0.3) is 0 Å². The molecule has 0 unspecified atom stereocenters. The van der Waals surface area contributed by atoms with Crippen molar-refractivity contribution in [3.8, 4) is 62.7 Å². The average Bonchev–Trinajstić information content (AvgIpc) is 3.86. The van der Waals surface area contributed by atoms with Crippen molar-refractivity contribution in [3.63, 3.8) is 0 Å². The highest BCUT2D eigenvalue weighted by Gasteiger charge is 2.25. The lowest BCUT2D eigenvalue weighted by Gasteiger charge is -2.20. The summed E-state index contributed by atoms with van der Waals surface area (Å²) in [6.45, 7) is 13.6. The van der Waals surface area contributed by atoms with Crippen LogP contribution in [-0.2, 0) is 10.8 Å². The van der Waals surface area contributed by atoms with Crippen molar-refractivity contribution in [3.05, 3.63) is 199 Å². The zero-order chi connectivity index (χ0) is 45.3. The summed E-state index contributed by atoms with van der Waals surface area (Å²) < 4.78 is 4.72. The minimum atomic E-state index is -0.0325. The zero-order valence-corrected chi connectivity index (χ0v) is 38.0. The summed E-state index contributed by atoms with van der Waals surface area (Å²) in [6.07, 6.45) is 0.